The monoisotopic (exact) mass is 461 g/mol. The average molecular weight is 462 g/mol. The SMILES string of the molecule is COc1cc(OC)cc(C(=O)NC(=NC[C@@H]2CCCO2)Nc2cccc(Br)c2)c1. The van der Waals surface area contributed by atoms with Crippen LogP contribution in [-0.4, -0.2) is 45.3 Å². The number of carbonyl (C=O) groups excluding carboxylic acids is 1. The van der Waals surface area contributed by atoms with E-state index in [1.165, 1.54) is 0 Å². The highest BCUT2D eigenvalue weighted by molar-refractivity contribution is 9.10. The largest absolute Gasteiger partial charge is 0.497 e. The van der Waals surface area contributed by atoms with E-state index in [2.05, 4.69) is 31.6 Å². The number of ether oxygens (including phenoxy) is 3. The van der Waals surface area contributed by atoms with Crippen molar-refractivity contribution in [3.05, 3.63) is 52.5 Å². The van der Waals surface area contributed by atoms with Gasteiger partial charge in [0.15, 0.2) is 0 Å². The van der Waals surface area contributed by atoms with Crippen molar-refractivity contribution < 1.29 is 19.0 Å². The number of guanidine groups is 1. The molecule has 7 nitrogen and oxygen atoms in total. The highest BCUT2D eigenvalue weighted by Crippen LogP contribution is 2.22. The summed E-state index contributed by atoms with van der Waals surface area (Å²) >= 11 is 3.45. The summed E-state index contributed by atoms with van der Waals surface area (Å²) in [5.74, 6) is 1.10. The normalized spacial score (nSPS) is 16.4. The maximum atomic E-state index is 12.9. The Balaban J connectivity index is 1.79. The zero-order valence-electron chi connectivity index (χ0n) is 16.4. The lowest BCUT2D eigenvalue weighted by Gasteiger charge is -2.14. The topological polar surface area (TPSA) is 81.2 Å². The molecule has 1 saturated heterocycles. The first-order chi connectivity index (χ1) is 14.1. The fourth-order valence-electron chi connectivity index (χ4n) is 2.91. The predicted octanol–water partition coefficient (Wildman–Crippen LogP) is 3.84. The molecule has 1 aliphatic heterocycles. The number of methoxy groups -OCH3 is 2. The van der Waals surface area contributed by atoms with Gasteiger partial charge in [0, 0.05) is 28.4 Å². The van der Waals surface area contributed by atoms with Crippen LogP contribution in [0.15, 0.2) is 51.9 Å². The standard InChI is InChI=1S/C21H24BrN3O4/c1-27-18-9-14(10-19(12-18)28-2)20(26)25-21(23-13-17-7-4-8-29-17)24-16-6-3-5-15(22)11-16/h3,5-6,9-12,17H,4,7-8,13H2,1-2H3,(H2,23,24,25,26)/t17-/m0/s1. The summed E-state index contributed by atoms with van der Waals surface area (Å²) in [6, 6.07) is 12.6. The van der Waals surface area contributed by atoms with Gasteiger partial charge in [-0.3, -0.25) is 10.1 Å². The molecule has 1 amide bonds. The zero-order chi connectivity index (χ0) is 20.6. The minimum absolute atomic E-state index is 0.0723. The molecule has 0 aliphatic carbocycles. The van der Waals surface area contributed by atoms with E-state index in [0.717, 1.165) is 29.6 Å². The lowest BCUT2D eigenvalue weighted by atomic mass is 10.2. The van der Waals surface area contributed by atoms with E-state index in [4.69, 9.17) is 14.2 Å². The maximum absolute atomic E-state index is 12.9. The Morgan fingerprint density at radius 3 is 2.59 bits per heavy atom. The summed E-state index contributed by atoms with van der Waals surface area (Å²) in [6.07, 6.45) is 2.07. The summed E-state index contributed by atoms with van der Waals surface area (Å²) < 4.78 is 17.1. The number of hydrogen-bond donors (Lipinski definition) is 2. The van der Waals surface area contributed by atoms with Crippen LogP contribution < -0.4 is 20.1 Å². The third-order valence-electron chi connectivity index (χ3n) is 4.41. The quantitative estimate of drug-likeness (QED) is 0.504. The van der Waals surface area contributed by atoms with Crippen LogP contribution in [0.25, 0.3) is 0 Å². The van der Waals surface area contributed by atoms with Crippen molar-refractivity contribution in [2.45, 2.75) is 18.9 Å². The van der Waals surface area contributed by atoms with E-state index in [1.807, 2.05) is 24.3 Å². The Morgan fingerprint density at radius 1 is 1.21 bits per heavy atom. The van der Waals surface area contributed by atoms with Gasteiger partial charge >= 0.3 is 0 Å². The number of halogens is 1. The van der Waals surface area contributed by atoms with Crippen LogP contribution in [0.1, 0.15) is 23.2 Å². The lowest BCUT2D eigenvalue weighted by molar-refractivity contribution is 0.0975. The van der Waals surface area contributed by atoms with E-state index < -0.39 is 0 Å². The van der Waals surface area contributed by atoms with Gasteiger partial charge in [0.05, 0.1) is 26.9 Å². The smallest absolute Gasteiger partial charge is 0.258 e. The minimum Gasteiger partial charge on any atom is -0.497 e. The number of aliphatic imine (C=N–C) groups is 1. The molecule has 1 fully saturated rings. The van der Waals surface area contributed by atoms with Crippen molar-refractivity contribution >= 4 is 33.5 Å². The second-order valence-corrected chi connectivity index (χ2v) is 7.43. The number of rotatable bonds is 6. The van der Waals surface area contributed by atoms with E-state index >= 15 is 0 Å². The second kappa shape index (κ2) is 10.3. The Labute approximate surface area is 178 Å². The van der Waals surface area contributed by atoms with Crippen LogP contribution in [0.5, 0.6) is 11.5 Å². The van der Waals surface area contributed by atoms with E-state index in [1.54, 1.807) is 32.4 Å². The van der Waals surface area contributed by atoms with Crippen LogP contribution in [0.2, 0.25) is 0 Å². The Morgan fingerprint density at radius 2 is 1.97 bits per heavy atom. The molecule has 0 radical (unpaired) electrons. The molecule has 2 aromatic carbocycles. The van der Waals surface area contributed by atoms with E-state index in [0.29, 0.717) is 29.6 Å². The summed E-state index contributed by atoms with van der Waals surface area (Å²) in [6.45, 7) is 1.22. The number of carbonyl (C=O) groups is 1. The van der Waals surface area contributed by atoms with Gasteiger partial charge < -0.3 is 19.5 Å². The molecule has 29 heavy (non-hydrogen) atoms. The molecule has 0 spiro atoms. The number of benzene rings is 2. The van der Waals surface area contributed by atoms with Crippen LogP contribution >= 0.6 is 15.9 Å². The fraction of sp³-hybridized carbons (Fsp3) is 0.333. The maximum Gasteiger partial charge on any atom is 0.258 e. The molecular formula is C21H24BrN3O4. The molecule has 2 N–H and O–H groups in total. The minimum atomic E-state index is -0.323. The van der Waals surface area contributed by atoms with Gasteiger partial charge in [0.25, 0.3) is 5.91 Å². The Hall–Kier alpha value is -2.58. The highest BCUT2D eigenvalue weighted by Gasteiger charge is 2.17. The molecule has 154 valence electrons. The molecule has 0 aromatic heterocycles. The second-order valence-electron chi connectivity index (χ2n) is 6.52. The summed E-state index contributed by atoms with van der Waals surface area (Å²) in [5.41, 5.74) is 1.20. The first-order valence-corrected chi connectivity index (χ1v) is 10.1. The van der Waals surface area contributed by atoms with Crippen LogP contribution in [0.4, 0.5) is 5.69 Å². The van der Waals surface area contributed by atoms with Crippen LogP contribution in [-0.2, 0) is 4.74 Å². The number of nitrogens with zero attached hydrogens (tertiary/aromatic N) is 1. The first kappa shape index (κ1) is 21.1. The number of anilines is 1. The van der Waals surface area contributed by atoms with Gasteiger partial charge in [0.2, 0.25) is 5.96 Å². The van der Waals surface area contributed by atoms with Crippen LogP contribution in [0, 0.1) is 0 Å². The molecule has 0 bridgehead atoms. The third-order valence-corrected chi connectivity index (χ3v) is 4.90. The molecule has 8 heteroatoms. The van der Waals surface area contributed by atoms with Crippen molar-refractivity contribution in [3.63, 3.8) is 0 Å². The van der Waals surface area contributed by atoms with Crippen molar-refractivity contribution in [3.8, 4) is 11.5 Å². The lowest BCUT2D eigenvalue weighted by Crippen LogP contribution is -2.36. The van der Waals surface area contributed by atoms with Crippen molar-refractivity contribution in [1.82, 2.24) is 5.32 Å². The van der Waals surface area contributed by atoms with E-state index in [9.17, 15) is 4.79 Å². The first-order valence-electron chi connectivity index (χ1n) is 9.30. The summed E-state index contributed by atoms with van der Waals surface area (Å²) in [5, 5.41) is 6.02. The molecule has 1 heterocycles. The molecule has 2 aromatic rings. The van der Waals surface area contributed by atoms with Crippen molar-refractivity contribution in [2.24, 2.45) is 4.99 Å². The summed E-state index contributed by atoms with van der Waals surface area (Å²) in [7, 11) is 3.08. The molecule has 0 saturated carbocycles. The molecule has 0 unspecified atom stereocenters. The summed E-state index contributed by atoms with van der Waals surface area (Å²) in [4.78, 5) is 17.4. The third kappa shape index (κ3) is 6.20. The average Bonchev–Trinajstić information content (AvgIpc) is 3.25. The van der Waals surface area contributed by atoms with Crippen molar-refractivity contribution in [1.29, 1.82) is 0 Å². The number of nitrogens with one attached hydrogen (secondary N) is 2. The van der Waals surface area contributed by atoms with Gasteiger partial charge in [-0.05, 0) is 43.2 Å². The molecule has 3 rings (SSSR count). The molecular weight excluding hydrogens is 438 g/mol. The predicted molar refractivity (Wildman–Crippen MR) is 116 cm³/mol. The number of hydrogen-bond acceptors (Lipinski definition) is 5. The van der Waals surface area contributed by atoms with Gasteiger partial charge in [-0.1, -0.05) is 22.0 Å². The van der Waals surface area contributed by atoms with Crippen LogP contribution in [0.3, 0.4) is 0 Å². The zero-order valence-corrected chi connectivity index (χ0v) is 18.0. The van der Waals surface area contributed by atoms with Gasteiger partial charge in [-0.15, -0.1) is 0 Å². The van der Waals surface area contributed by atoms with E-state index in [-0.39, 0.29) is 12.0 Å². The van der Waals surface area contributed by atoms with Crippen molar-refractivity contribution in [2.75, 3.05) is 32.7 Å². The Bertz CT molecular complexity index is 860. The van der Waals surface area contributed by atoms with Gasteiger partial charge in [0.1, 0.15) is 11.5 Å². The Kier molecular flexibility index (Phi) is 7.48. The highest BCUT2D eigenvalue weighted by atomic mass is 79.9. The number of amides is 1. The van der Waals surface area contributed by atoms with Gasteiger partial charge in [-0.2, -0.15) is 0 Å². The molecule has 1 aliphatic rings. The molecule has 1 atom stereocenters. The fourth-order valence-corrected chi connectivity index (χ4v) is 3.31. The van der Waals surface area contributed by atoms with Gasteiger partial charge in [-0.25, -0.2) is 4.99 Å².